The first kappa shape index (κ1) is 24.8. The lowest BCUT2D eigenvalue weighted by Gasteiger charge is -2.33. The van der Waals surface area contributed by atoms with Gasteiger partial charge >= 0.3 is 5.97 Å². The summed E-state index contributed by atoms with van der Waals surface area (Å²) in [6, 6.07) is 3.48. The van der Waals surface area contributed by atoms with E-state index in [4.69, 9.17) is 11.6 Å². The zero-order valence-corrected chi connectivity index (χ0v) is 19.0. The maximum absolute atomic E-state index is 14.0. The summed E-state index contributed by atoms with van der Waals surface area (Å²) in [7, 11) is 0. The lowest BCUT2D eigenvalue weighted by atomic mass is 9.86. The Kier molecular flexibility index (Phi) is 6.91. The highest BCUT2D eigenvalue weighted by atomic mass is 35.5. The standard InChI is InChI=1S/C24H23ClF3NO4/c1-24(2,3)21(11-30)29-10-16(23(32)33)22(31)15-6-12(17(25)9-20(15)29)4-5-14-18(27)7-13(26)8-19(14)28/h6-10,21,30H,4-5,11H2,1-3H3,(H,32,33)/t21-/m1/s1. The number of aliphatic hydroxyl groups excluding tert-OH is 1. The van der Waals surface area contributed by atoms with Crippen LogP contribution in [0.1, 0.15) is 48.3 Å². The Balaban J connectivity index is 2.17. The molecular formula is C24H23ClF3NO4. The third kappa shape index (κ3) is 4.91. The molecule has 1 heterocycles. The molecule has 1 aromatic heterocycles. The molecule has 0 aliphatic rings. The molecule has 2 aromatic carbocycles. The number of benzene rings is 2. The molecule has 2 N–H and O–H groups in total. The second kappa shape index (κ2) is 9.19. The zero-order chi connectivity index (χ0) is 24.7. The summed E-state index contributed by atoms with van der Waals surface area (Å²) >= 11 is 6.42. The molecule has 0 saturated carbocycles. The molecule has 0 radical (unpaired) electrons. The molecule has 0 aliphatic heterocycles. The van der Waals surface area contributed by atoms with E-state index in [-0.39, 0.29) is 35.4 Å². The SMILES string of the molecule is CC(C)(C)[C@@H](CO)n1cc(C(=O)O)c(=O)c2cc(CCc3c(F)cc(F)cc3F)c(Cl)cc21. The summed E-state index contributed by atoms with van der Waals surface area (Å²) in [6.45, 7) is 5.27. The molecule has 0 spiro atoms. The first-order chi connectivity index (χ1) is 15.3. The predicted molar refractivity (Wildman–Crippen MR) is 119 cm³/mol. The van der Waals surface area contributed by atoms with Crippen molar-refractivity contribution in [2.45, 2.75) is 39.7 Å². The summed E-state index contributed by atoms with van der Waals surface area (Å²) in [5, 5.41) is 19.8. The Bertz CT molecular complexity index is 1270. The molecule has 0 fully saturated rings. The minimum Gasteiger partial charge on any atom is -0.477 e. The molecule has 3 aromatic rings. The fourth-order valence-corrected chi connectivity index (χ4v) is 4.12. The number of carboxylic acid groups (broad SMARTS) is 1. The van der Waals surface area contributed by atoms with Crippen LogP contribution < -0.4 is 5.43 Å². The number of hydrogen-bond donors (Lipinski definition) is 2. The summed E-state index contributed by atoms with van der Waals surface area (Å²) in [5.74, 6) is -4.52. The van der Waals surface area contributed by atoms with Crippen LogP contribution in [-0.4, -0.2) is 27.4 Å². The molecule has 5 nitrogen and oxygen atoms in total. The van der Waals surface area contributed by atoms with E-state index < -0.39 is 45.9 Å². The minimum absolute atomic E-state index is 0.0215. The second-order valence-corrected chi connectivity index (χ2v) is 9.36. The van der Waals surface area contributed by atoms with Gasteiger partial charge in [0.1, 0.15) is 23.0 Å². The van der Waals surface area contributed by atoms with Crippen molar-refractivity contribution in [3.05, 3.63) is 79.9 Å². The van der Waals surface area contributed by atoms with Crippen LogP contribution >= 0.6 is 11.6 Å². The van der Waals surface area contributed by atoms with Gasteiger partial charge in [0.15, 0.2) is 0 Å². The van der Waals surface area contributed by atoms with E-state index in [1.165, 1.54) is 22.9 Å². The van der Waals surface area contributed by atoms with Gasteiger partial charge in [0.2, 0.25) is 5.43 Å². The summed E-state index contributed by atoms with van der Waals surface area (Å²) in [6.07, 6.45) is 1.06. The Morgan fingerprint density at radius 3 is 2.21 bits per heavy atom. The Morgan fingerprint density at radius 2 is 1.70 bits per heavy atom. The highest BCUT2D eigenvalue weighted by Crippen LogP contribution is 2.34. The topological polar surface area (TPSA) is 79.5 Å². The number of aromatic carboxylic acids is 1. The van der Waals surface area contributed by atoms with Gasteiger partial charge in [-0.3, -0.25) is 4.79 Å². The maximum atomic E-state index is 14.0. The van der Waals surface area contributed by atoms with Crippen LogP contribution in [0.3, 0.4) is 0 Å². The fourth-order valence-electron chi connectivity index (χ4n) is 3.87. The predicted octanol–water partition coefficient (Wildman–Crippen LogP) is 5.14. The van der Waals surface area contributed by atoms with E-state index in [1.54, 1.807) is 0 Å². The van der Waals surface area contributed by atoms with Gasteiger partial charge in [-0.25, -0.2) is 18.0 Å². The number of pyridine rings is 1. The third-order valence-corrected chi connectivity index (χ3v) is 6.04. The first-order valence-corrected chi connectivity index (χ1v) is 10.6. The van der Waals surface area contributed by atoms with Crippen molar-refractivity contribution in [2.75, 3.05) is 6.61 Å². The third-order valence-electron chi connectivity index (χ3n) is 5.69. The molecule has 176 valence electrons. The Labute approximate surface area is 193 Å². The molecule has 9 heteroatoms. The molecule has 33 heavy (non-hydrogen) atoms. The van der Waals surface area contributed by atoms with Gasteiger partial charge in [-0.1, -0.05) is 32.4 Å². The van der Waals surface area contributed by atoms with E-state index in [0.717, 1.165) is 0 Å². The monoisotopic (exact) mass is 481 g/mol. The van der Waals surface area contributed by atoms with Crippen molar-refractivity contribution in [3.63, 3.8) is 0 Å². The van der Waals surface area contributed by atoms with Crippen molar-refractivity contribution in [1.29, 1.82) is 0 Å². The summed E-state index contributed by atoms with van der Waals surface area (Å²) < 4.78 is 42.7. The van der Waals surface area contributed by atoms with Gasteiger partial charge < -0.3 is 14.8 Å². The van der Waals surface area contributed by atoms with Crippen LogP contribution in [0.4, 0.5) is 13.2 Å². The van der Waals surface area contributed by atoms with E-state index in [1.807, 2.05) is 20.8 Å². The molecule has 0 saturated heterocycles. The Morgan fingerprint density at radius 1 is 1.09 bits per heavy atom. The van der Waals surface area contributed by atoms with Crippen LogP contribution in [0.5, 0.6) is 0 Å². The Hall–Kier alpha value is -2.84. The van der Waals surface area contributed by atoms with Gasteiger partial charge in [-0.2, -0.15) is 0 Å². The largest absolute Gasteiger partial charge is 0.477 e. The number of fused-ring (bicyclic) bond motifs is 1. The number of hydrogen-bond acceptors (Lipinski definition) is 3. The number of carbonyl (C=O) groups is 1. The van der Waals surface area contributed by atoms with E-state index in [0.29, 0.717) is 23.2 Å². The van der Waals surface area contributed by atoms with Crippen molar-refractivity contribution >= 4 is 28.5 Å². The van der Waals surface area contributed by atoms with Gasteiger partial charge in [0.25, 0.3) is 0 Å². The average Bonchev–Trinajstić information content (AvgIpc) is 2.68. The van der Waals surface area contributed by atoms with Crippen molar-refractivity contribution < 1.29 is 28.2 Å². The minimum atomic E-state index is -1.42. The maximum Gasteiger partial charge on any atom is 0.341 e. The van der Waals surface area contributed by atoms with Gasteiger partial charge in [0, 0.05) is 34.3 Å². The van der Waals surface area contributed by atoms with E-state index in [9.17, 15) is 33.0 Å². The number of halogens is 4. The second-order valence-electron chi connectivity index (χ2n) is 8.96. The van der Waals surface area contributed by atoms with E-state index >= 15 is 0 Å². The van der Waals surface area contributed by atoms with Crippen LogP contribution in [0, 0.1) is 22.9 Å². The highest BCUT2D eigenvalue weighted by Gasteiger charge is 2.28. The van der Waals surface area contributed by atoms with Crippen molar-refractivity contribution in [3.8, 4) is 0 Å². The quantitative estimate of drug-likeness (QED) is 0.511. The molecular weight excluding hydrogens is 459 g/mol. The normalized spacial score (nSPS) is 12.8. The van der Waals surface area contributed by atoms with Gasteiger partial charge in [-0.15, -0.1) is 0 Å². The number of aromatic nitrogens is 1. The number of rotatable bonds is 6. The number of carboxylic acids is 1. The number of aryl methyl sites for hydroxylation is 1. The van der Waals surface area contributed by atoms with Crippen LogP contribution in [0.2, 0.25) is 5.02 Å². The lowest BCUT2D eigenvalue weighted by molar-refractivity contribution is 0.0692. The molecule has 0 bridgehead atoms. The molecule has 0 amide bonds. The molecule has 0 unspecified atom stereocenters. The lowest BCUT2D eigenvalue weighted by Crippen LogP contribution is -2.30. The first-order valence-electron chi connectivity index (χ1n) is 10.2. The van der Waals surface area contributed by atoms with Crippen LogP contribution in [-0.2, 0) is 12.8 Å². The molecule has 3 rings (SSSR count). The van der Waals surface area contributed by atoms with E-state index in [2.05, 4.69) is 0 Å². The zero-order valence-electron chi connectivity index (χ0n) is 18.3. The van der Waals surface area contributed by atoms with Gasteiger partial charge in [-0.05, 0) is 36.0 Å². The summed E-state index contributed by atoms with van der Waals surface area (Å²) in [4.78, 5) is 24.6. The highest BCUT2D eigenvalue weighted by molar-refractivity contribution is 6.32. The van der Waals surface area contributed by atoms with Gasteiger partial charge in [0.05, 0.1) is 18.2 Å². The molecule has 1 atom stereocenters. The van der Waals surface area contributed by atoms with Crippen LogP contribution in [0.25, 0.3) is 10.9 Å². The van der Waals surface area contributed by atoms with Crippen molar-refractivity contribution in [2.24, 2.45) is 5.41 Å². The van der Waals surface area contributed by atoms with Crippen molar-refractivity contribution in [1.82, 2.24) is 4.57 Å². The number of aliphatic hydroxyl groups is 1. The molecule has 0 aliphatic carbocycles. The fraction of sp³-hybridized carbons (Fsp3) is 0.333. The summed E-state index contributed by atoms with van der Waals surface area (Å²) in [5.41, 5.74) is -1.33. The smallest absolute Gasteiger partial charge is 0.341 e. The van der Waals surface area contributed by atoms with Crippen LogP contribution in [0.15, 0.2) is 35.3 Å². The number of nitrogens with zero attached hydrogens (tertiary/aromatic N) is 1. The average molecular weight is 482 g/mol.